The van der Waals surface area contributed by atoms with Crippen LogP contribution < -0.4 is 0 Å². The van der Waals surface area contributed by atoms with Crippen LogP contribution in [-0.4, -0.2) is 39.5 Å². The van der Waals surface area contributed by atoms with Crippen LogP contribution in [0.3, 0.4) is 0 Å². The molecule has 5 rings (SSSR count). The molecule has 6 heteroatoms. The molecule has 1 aliphatic rings. The fraction of sp³-hybridized carbons (Fsp3) is 0.208. The van der Waals surface area contributed by atoms with Gasteiger partial charge in [0.05, 0.1) is 35.9 Å². The highest BCUT2D eigenvalue weighted by molar-refractivity contribution is 5.81. The van der Waals surface area contributed by atoms with Crippen LogP contribution in [0.2, 0.25) is 0 Å². The number of aromatic nitrogens is 3. The molecule has 0 bridgehead atoms. The van der Waals surface area contributed by atoms with Crippen molar-refractivity contribution >= 4 is 10.9 Å². The fourth-order valence-electron chi connectivity index (χ4n) is 3.88. The monoisotopic (exact) mass is 400 g/mol. The van der Waals surface area contributed by atoms with E-state index in [0.717, 1.165) is 30.8 Å². The molecule has 30 heavy (non-hydrogen) atoms. The topological polar surface area (TPSA) is 51.1 Å². The Balaban J connectivity index is 1.36. The summed E-state index contributed by atoms with van der Waals surface area (Å²) in [6, 6.07) is 16.7. The van der Waals surface area contributed by atoms with Gasteiger partial charge < -0.3 is 4.74 Å². The maximum absolute atomic E-state index is 13.6. The summed E-state index contributed by atoms with van der Waals surface area (Å²) in [5.41, 5.74) is 4.38. The summed E-state index contributed by atoms with van der Waals surface area (Å²) in [5.74, 6) is -0.288. The molecule has 2 aromatic heterocycles. The maximum Gasteiger partial charge on any atom is 0.123 e. The minimum Gasteiger partial charge on any atom is -0.369 e. The normalized spacial score (nSPS) is 17.3. The molecule has 0 N–H and O–H groups in total. The first kappa shape index (κ1) is 18.8. The summed E-state index contributed by atoms with van der Waals surface area (Å²) >= 11 is 0. The number of halogens is 1. The summed E-state index contributed by atoms with van der Waals surface area (Å²) in [7, 11) is 0. The number of para-hydroxylation sites is 1. The quantitative estimate of drug-likeness (QED) is 0.508. The van der Waals surface area contributed by atoms with Crippen molar-refractivity contribution in [3.8, 4) is 11.3 Å². The van der Waals surface area contributed by atoms with Crippen molar-refractivity contribution in [2.45, 2.75) is 12.6 Å². The van der Waals surface area contributed by atoms with Crippen LogP contribution in [0, 0.1) is 5.82 Å². The summed E-state index contributed by atoms with van der Waals surface area (Å²) in [4.78, 5) is 15.9. The highest BCUT2D eigenvalue weighted by atomic mass is 19.1. The second-order valence-electron chi connectivity index (χ2n) is 7.42. The van der Waals surface area contributed by atoms with E-state index in [2.05, 4.69) is 27.0 Å². The predicted molar refractivity (Wildman–Crippen MR) is 113 cm³/mol. The van der Waals surface area contributed by atoms with Crippen LogP contribution >= 0.6 is 0 Å². The Morgan fingerprint density at radius 2 is 2.00 bits per heavy atom. The molecule has 0 radical (unpaired) electrons. The third kappa shape index (κ3) is 3.92. The first-order chi connectivity index (χ1) is 14.8. The smallest absolute Gasteiger partial charge is 0.123 e. The van der Waals surface area contributed by atoms with E-state index < -0.39 is 0 Å². The van der Waals surface area contributed by atoms with Gasteiger partial charge in [0, 0.05) is 36.8 Å². The van der Waals surface area contributed by atoms with Gasteiger partial charge in [-0.15, -0.1) is 0 Å². The van der Waals surface area contributed by atoms with Gasteiger partial charge in [0.25, 0.3) is 0 Å². The second-order valence-corrected chi connectivity index (χ2v) is 7.42. The largest absolute Gasteiger partial charge is 0.369 e. The molecule has 1 atom stereocenters. The number of ether oxygens (including phenoxy) is 1. The standard InChI is InChI=1S/C24H21FN4O/c25-19-5-3-4-17(12-19)22-13-26-14-23(28-22)24-16-29(10-11-30-24)15-18-8-9-27-21-7-2-1-6-20(18)21/h1-9,12-14,24H,10-11,15-16H2/t24-/m1/s1. The van der Waals surface area contributed by atoms with Gasteiger partial charge in [0.2, 0.25) is 0 Å². The van der Waals surface area contributed by atoms with Gasteiger partial charge in [-0.2, -0.15) is 0 Å². The van der Waals surface area contributed by atoms with E-state index in [9.17, 15) is 4.39 Å². The number of hydrogen-bond acceptors (Lipinski definition) is 5. The van der Waals surface area contributed by atoms with E-state index in [0.29, 0.717) is 17.9 Å². The summed E-state index contributed by atoms with van der Waals surface area (Å²) in [6.07, 6.45) is 5.08. The Morgan fingerprint density at radius 1 is 1.07 bits per heavy atom. The highest BCUT2D eigenvalue weighted by Crippen LogP contribution is 2.26. The van der Waals surface area contributed by atoms with E-state index in [4.69, 9.17) is 9.72 Å². The van der Waals surface area contributed by atoms with E-state index >= 15 is 0 Å². The highest BCUT2D eigenvalue weighted by Gasteiger charge is 2.24. The molecule has 3 heterocycles. The molecular weight excluding hydrogens is 379 g/mol. The molecule has 5 nitrogen and oxygen atoms in total. The van der Waals surface area contributed by atoms with E-state index in [-0.39, 0.29) is 11.9 Å². The summed E-state index contributed by atoms with van der Waals surface area (Å²) in [6.45, 7) is 3.02. The van der Waals surface area contributed by atoms with Crippen LogP contribution in [0.5, 0.6) is 0 Å². The van der Waals surface area contributed by atoms with Crippen molar-refractivity contribution in [3.63, 3.8) is 0 Å². The number of nitrogens with zero attached hydrogens (tertiary/aromatic N) is 4. The number of hydrogen-bond donors (Lipinski definition) is 0. The lowest BCUT2D eigenvalue weighted by Gasteiger charge is -2.32. The van der Waals surface area contributed by atoms with Crippen LogP contribution in [0.15, 0.2) is 73.2 Å². The third-order valence-corrected chi connectivity index (χ3v) is 5.39. The molecule has 0 saturated carbocycles. The van der Waals surface area contributed by atoms with Gasteiger partial charge >= 0.3 is 0 Å². The van der Waals surface area contributed by atoms with Gasteiger partial charge in [0.1, 0.15) is 11.9 Å². The van der Waals surface area contributed by atoms with E-state index in [1.54, 1.807) is 18.5 Å². The Bertz CT molecular complexity index is 1180. The summed E-state index contributed by atoms with van der Waals surface area (Å²) < 4.78 is 19.6. The SMILES string of the molecule is Fc1cccc(-c2cncc([C@H]3CN(Cc4ccnc5ccccc45)CCO3)n2)c1. The zero-order valence-electron chi connectivity index (χ0n) is 16.4. The van der Waals surface area contributed by atoms with Crippen LogP contribution in [0.25, 0.3) is 22.2 Å². The fourth-order valence-corrected chi connectivity index (χ4v) is 3.88. The van der Waals surface area contributed by atoms with Crippen LogP contribution in [0.1, 0.15) is 17.4 Å². The Hall–Kier alpha value is -3.22. The Kier molecular flexibility index (Phi) is 5.17. The molecule has 0 amide bonds. The predicted octanol–water partition coefficient (Wildman–Crippen LogP) is 4.40. The number of rotatable bonds is 4. The number of pyridine rings is 1. The van der Waals surface area contributed by atoms with Crippen molar-refractivity contribution in [2.75, 3.05) is 19.7 Å². The second kappa shape index (κ2) is 8.26. The first-order valence-corrected chi connectivity index (χ1v) is 10.0. The lowest BCUT2D eigenvalue weighted by molar-refractivity contribution is -0.0349. The van der Waals surface area contributed by atoms with Gasteiger partial charge in [-0.25, -0.2) is 9.37 Å². The molecular formula is C24H21FN4O. The van der Waals surface area contributed by atoms with Crippen molar-refractivity contribution in [1.82, 2.24) is 19.9 Å². The molecule has 1 aliphatic heterocycles. The van der Waals surface area contributed by atoms with Gasteiger partial charge in [-0.05, 0) is 29.8 Å². The van der Waals surface area contributed by atoms with Gasteiger partial charge in [0.15, 0.2) is 0 Å². The number of benzene rings is 2. The molecule has 0 spiro atoms. The van der Waals surface area contributed by atoms with Crippen molar-refractivity contribution < 1.29 is 9.13 Å². The number of morpholine rings is 1. The Labute approximate surface area is 174 Å². The van der Waals surface area contributed by atoms with E-state index in [1.165, 1.54) is 23.1 Å². The average Bonchev–Trinajstić information content (AvgIpc) is 2.80. The molecule has 1 fully saturated rings. The zero-order chi connectivity index (χ0) is 20.3. The zero-order valence-corrected chi connectivity index (χ0v) is 16.4. The Morgan fingerprint density at radius 3 is 2.93 bits per heavy atom. The van der Waals surface area contributed by atoms with Crippen LogP contribution in [-0.2, 0) is 11.3 Å². The van der Waals surface area contributed by atoms with Crippen LogP contribution in [0.4, 0.5) is 4.39 Å². The van der Waals surface area contributed by atoms with Gasteiger partial charge in [-0.3, -0.25) is 14.9 Å². The molecule has 0 unspecified atom stereocenters. The minimum atomic E-state index is -0.288. The molecule has 4 aromatic rings. The van der Waals surface area contributed by atoms with Crippen molar-refractivity contribution in [3.05, 3.63) is 90.3 Å². The molecule has 1 saturated heterocycles. The summed E-state index contributed by atoms with van der Waals surface area (Å²) in [5, 5.41) is 1.18. The maximum atomic E-state index is 13.6. The lowest BCUT2D eigenvalue weighted by atomic mass is 10.1. The molecule has 2 aromatic carbocycles. The van der Waals surface area contributed by atoms with E-state index in [1.807, 2.05) is 30.5 Å². The minimum absolute atomic E-state index is 0.173. The number of fused-ring (bicyclic) bond motifs is 1. The lowest BCUT2D eigenvalue weighted by Crippen LogP contribution is -2.38. The third-order valence-electron chi connectivity index (χ3n) is 5.39. The first-order valence-electron chi connectivity index (χ1n) is 10.0. The van der Waals surface area contributed by atoms with Crippen molar-refractivity contribution in [1.29, 1.82) is 0 Å². The van der Waals surface area contributed by atoms with Gasteiger partial charge in [-0.1, -0.05) is 30.3 Å². The molecule has 0 aliphatic carbocycles. The average molecular weight is 400 g/mol. The molecule has 150 valence electrons. The van der Waals surface area contributed by atoms with Crippen molar-refractivity contribution in [2.24, 2.45) is 0 Å².